The standard InChI is InChI=1S/C26H28FN3O7S/c1-17(18-6-8-19(27)9-7-18)28-29-26(31)16-30(22-14-20(34-2)10-12-23(22)35-3)38(32,33)21-11-13-24(36-4)25(15-21)37-5/h6-15H,16H2,1-5H3,(H,29,31)/b28-17-. The Morgan fingerprint density at radius 3 is 2.11 bits per heavy atom. The van der Waals surface area contributed by atoms with Crippen molar-refractivity contribution in [3.63, 3.8) is 0 Å². The molecule has 0 aliphatic heterocycles. The van der Waals surface area contributed by atoms with Gasteiger partial charge in [-0.2, -0.15) is 5.10 Å². The first-order valence-electron chi connectivity index (χ1n) is 11.2. The van der Waals surface area contributed by atoms with Gasteiger partial charge in [-0.05, 0) is 48.9 Å². The van der Waals surface area contributed by atoms with Crippen LogP contribution in [0.5, 0.6) is 23.0 Å². The van der Waals surface area contributed by atoms with Crippen LogP contribution in [0.4, 0.5) is 10.1 Å². The number of ether oxygens (including phenoxy) is 4. The number of benzene rings is 3. The first-order valence-corrected chi connectivity index (χ1v) is 12.6. The zero-order valence-electron chi connectivity index (χ0n) is 21.5. The SMILES string of the molecule is COc1ccc(OC)c(N(CC(=O)N/N=C(/C)c2ccc(F)cc2)S(=O)(=O)c2ccc(OC)c(OC)c2)c1. The van der Waals surface area contributed by atoms with Crippen LogP contribution < -0.4 is 28.7 Å². The molecule has 0 aliphatic rings. The lowest BCUT2D eigenvalue weighted by molar-refractivity contribution is -0.119. The second kappa shape index (κ2) is 12.3. The molecule has 0 aliphatic carbocycles. The number of carbonyl (C=O) groups is 1. The highest BCUT2D eigenvalue weighted by Crippen LogP contribution is 2.37. The van der Waals surface area contributed by atoms with Gasteiger partial charge in [-0.25, -0.2) is 18.2 Å². The van der Waals surface area contributed by atoms with Crippen molar-refractivity contribution in [1.82, 2.24) is 5.43 Å². The molecule has 0 saturated heterocycles. The van der Waals surface area contributed by atoms with Crippen LogP contribution in [0.3, 0.4) is 0 Å². The number of halogens is 1. The van der Waals surface area contributed by atoms with E-state index in [0.29, 0.717) is 22.8 Å². The normalized spacial score (nSPS) is 11.5. The van der Waals surface area contributed by atoms with Gasteiger partial charge in [0.1, 0.15) is 23.9 Å². The molecule has 0 fully saturated rings. The third-order valence-corrected chi connectivity index (χ3v) is 7.25. The maximum absolute atomic E-state index is 13.9. The van der Waals surface area contributed by atoms with E-state index in [1.807, 2.05) is 0 Å². The van der Waals surface area contributed by atoms with Gasteiger partial charge in [-0.1, -0.05) is 12.1 Å². The van der Waals surface area contributed by atoms with Gasteiger partial charge in [-0.15, -0.1) is 0 Å². The van der Waals surface area contributed by atoms with E-state index in [2.05, 4.69) is 10.5 Å². The number of amides is 1. The van der Waals surface area contributed by atoms with Crippen molar-refractivity contribution in [3.05, 3.63) is 72.0 Å². The number of methoxy groups -OCH3 is 4. The molecule has 10 nitrogen and oxygen atoms in total. The van der Waals surface area contributed by atoms with E-state index in [-0.39, 0.29) is 22.1 Å². The summed E-state index contributed by atoms with van der Waals surface area (Å²) >= 11 is 0. The molecule has 3 aromatic rings. The van der Waals surface area contributed by atoms with Gasteiger partial charge in [0.2, 0.25) is 0 Å². The van der Waals surface area contributed by atoms with E-state index in [1.54, 1.807) is 13.0 Å². The van der Waals surface area contributed by atoms with Crippen LogP contribution in [0.1, 0.15) is 12.5 Å². The second-order valence-corrected chi connectivity index (χ2v) is 9.67. The van der Waals surface area contributed by atoms with E-state index in [4.69, 9.17) is 18.9 Å². The minimum atomic E-state index is -4.35. The molecule has 0 saturated carbocycles. The monoisotopic (exact) mass is 545 g/mol. The van der Waals surface area contributed by atoms with E-state index in [9.17, 15) is 17.6 Å². The number of hydrazone groups is 1. The lowest BCUT2D eigenvalue weighted by Gasteiger charge is -2.26. The maximum atomic E-state index is 13.9. The summed E-state index contributed by atoms with van der Waals surface area (Å²) in [5.41, 5.74) is 3.40. The third kappa shape index (κ3) is 6.32. The Bertz CT molecular complexity index is 1430. The predicted octanol–water partition coefficient (Wildman–Crippen LogP) is 3.60. The van der Waals surface area contributed by atoms with Crippen LogP contribution in [-0.4, -0.2) is 55.0 Å². The average molecular weight is 546 g/mol. The molecular formula is C26H28FN3O7S. The first-order chi connectivity index (χ1) is 18.1. The van der Waals surface area contributed by atoms with E-state index in [1.165, 1.54) is 83.0 Å². The molecule has 0 heterocycles. The van der Waals surface area contributed by atoms with Crippen LogP contribution in [0, 0.1) is 5.82 Å². The second-order valence-electron chi connectivity index (χ2n) is 7.81. The fourth-order valence-corrected chi connectivity index (χ4v) is 4.90. The maximum Gasteiger partial charge on any atom is 0.265 e. The molecular weight excluding hydrogens is 517 g/mol. The molecule has 12 heteroatoms. The van der Waals surface area contributed by atoms with Gasteiger partial charge in [0.05, 0.1) is 44.7 Å². The molecule has 3 rings (SSSR count). The molecule has 0 radical (unpaired) electrons. The Morgan fingerprint density at radius 1 is 0.868 bits per heavy atom. The number of nitrogens with one attached hydrogen (secondary N) is 1. The van der Waals surface area contributed by atoms with Crippen molar-refractivity contribution >= 4 is 27.3 Å². The Hall–Kier alpha value is -4.32. The van der Waals surface area contributed by atoms with Crippen LogP contribution in [0.2, 0.25) is 0 Å². The Balaban J connectivity index is 2.03. The molecule has 1 N–H and O–H groups in total. The van der Waals surface area contributed by atoms with Gasteiger partial charge < -0.3 is 18.9 Å². The zero-order chi connectivity index (χ0) is 27.9. The van der Waals surface area contributed by atoms with E-state index in [0.717, 1.165) is 4.31 Å². The van der Waals surface area contributed by atoms with Gasteiger partial charge in [-0.3, -0.25) is 9.10 Å². The molecule has 0 aromatic heterocycles. The fraction of sp³-hybridized carbons (Fsp3) is 0.231. The molecule has 38 heavy (non-hydrogen) atoms. The fourth-order valence-electron chi connectivity index (χ4n) is 3.46. The summed E-state index contributed by atoms with van der Waals surface area (Å²) in [6, 6.07) is 14.2. The summed E-state index contributed by atoms with van der Waals surface area (Å²) in [6.45, 7) is 0.969. The summed E-state index contributed by atoms with van der Waals surface area (Å²) in [6.07, 6.45) is 0. The Kier molecular flexibility index (Phi) is 9.13. The van der Waals surface area contributed by atoms with Crippen LogP contribution in [-0.2, 0) is 14.8 Å². The van der Waals surface area contributed by atoms with Crippen molar-refractivity contribution in [1.29, 1.82) is 0 Å². The topological polar surface area (TPSA) is 116 Å². The van der Waals surface area contributed by atoms with Gasteiger partial charge >= 0.3 is 0 Å². The van der Waals surface area contributed by atoms with Gasteiger partial charge in [0.25, 0.3) is 15.9 Å². The highest BCUT2D eigenvalue weighted by molar-refractivity contribution is 7.92. The lowest BCUT2D eigenvalue weighted by atomic mass is 10.1. The highest BCUT2D eigenvalue weighted by Gasteiger charge is 2.31. The van der Waals surface area contributed by atoms with Crippen LogP contribution >= 0.6 is 0 Å². The molecule has 0 atom stereocenters. The summed E-state index contributed by atoms with van der Waals surface area (Å²) in [5, 5.41) is 4.03. The number of hydrogen-bond donors (Lipinski definition) is 1. The van der Waals surface area contributed by atoms with Crippen molar-refractivity contribution in [2.45, 2.75) is 11.8 Å². The van der Waals surface area contributed by atoms with Crippen molar-refractivity contribution in [2.75, 3.05) is 39.3 Å². The molecule has 1 amide bonds. The number of rotatable bonds is 11. The lowest BCUT2D eigenvalue weighted by Crippen LogP contribution is -2.40. The van der Waals surface area contributed by atoms with Crippen molar-refractivity contribution < 1.29 is 36.6 Å². The number of hydrogen-bond acceptors (Lipinski definition) is 8. The molecule has 0 unspecified atom stereocenters. The summed E-state index contributed by atoms with van der Waals surface area (Å²) < 4.78 is 63.0. The van der Waals surface area contributed by atoms with Crippen LogP contribution in [0.15, 0.2) is 70.7 Å². The van der Waals surface area contributed by atoms with Crippen molar-refractivity contribution in [3.8, 4) is 23.0 Å². The molecule has 202 valence electrons. The van der Waals surface area contributed by atoms with Gasteiger partial charge in [0.15, 0.2) is 11.5 Å². The summed E-state index contributed by atoms with van der Waals surface area (Å²) in [5.74, 6) is -0.0859. The smallest absolute Gasteiger partial charge is 0.265 e. The molecule has 0 bridgehead atoms. The Morgan fingerprint density at radius 2 is 1.50 bits per heavy atom. The minimum Gasteiger partial charge on any atom is -0.497 e. The number of nitrogens with zero attached hydrogens (tertiary/aromatic N) is 2. The number of sulfonamides is 1. The third-order valence-electron chi connectivity index (χ3n) is 5.50. The summed E-state index contributed by atoms with van der Waals surface area (Å²) in [7, 11) is 1.27. The Labute approximate surface area is 220 Å². The van der Waals surface area contributed by atoms with Gasteiger partial charge in [0, 0.05) is 12.1 Å². The van der Waals surface area contributed by atoms with Crippen molar-refractivity contribution in [2.24, 2.45) is 5.10 Å². The predicted molar refractivity (Wildman–Crippen MR) is 140 cm³/mol. The van der Waals surface area contributed by atoms with E-state index < -0.39 is 28.3 Å². The molecule has 0 spiro atoms. The first kappa shape index (κ1) is 28.3. The zero-order valence-corrected chi connectivity index (χ0v) is 22.3. The number of anilines is 1. The van der Waals surface area contributed by atoms with E-state index >= 15 is 0 Å². The number of carbonyl (C=O) groups excluding carboxylic acids is 1. The molecule has 3 aromatic carbocycles. The summed E-state index contributed by atoms with van der Waals surface area (Å²) in [4.78, 5) is 12.8. The highest BCUT2D eigenvalue weighted by atomic mass is 32.2. The van der Waals surface area contributed by atoms with Crippen LogP contribution in [0.25, 0.3) is 0 Å². The largest absolute Gasteiger partial charge is 0.497 e. The minimum absolute atomic E-state index is 0.0658. The average Bonchev–Trinajstić information content (AvgIpc) is 2.94. The quantitative estimate of drug-likeness (QED) is 0.289.